The molecule has 216 valence electrons. The molecule has 1 unspecified atom stereocenters. The van der Waals surface area contributed by atoms with Crippen molar-refractivity contribution >= 4 is 38.9 Å². The molecule has 1 N–H and O–H groups in total. The van der Waals surface area contributed by atoms with Crippen LogP contribution in [0.4, 0.5) is 32.0 Å². The van der Waals surface area contributed by atoms with Gasteiger partial charge in [0.1, 0.15) is 23.4 Å². The Balaban J connectivity index is 1.67. The molecule has 0 bridgehead atoms. The van der Waals surface area contributed by atoms with Gasteiger partial charge < -0.3 is 14.4 Å². The fourth-order valence-electron chi connectivity index (χ4n) is 3.96. The number of hydrogen-bond donors (Lipinski definition) is 1. The minimum Gasteiger partial charge on any atom is -0.488 e. The van der Waals surface area contributed by atoms with Crippen molar-refractivity contribution in [2.24, 2.45) is 0 Å². The van der Waals surface area contributed by atoms with E-state index >= 15 is 0 Å². The number of likely N-dealkylation sites (N-methyl/N-ethyl adjacent to an activating group) is 1. The Kier molecular flexibility index (Phi) is 8.42. The van der Waals surface area contributed by atoms with E-state index in [1.54, 1.807) is 7.05 Å². The second-order valence-corrected chi connectivity index (χ2v) is 11.4. The van der Waals surface area contributed by atoms with Crippen LogP contribution >= 0.6 is 23.2 Å². The number of likely N-dealkylation sites (tertiary alicyclic amines) is 1. The van der Waals surface area contributed by atoms with Crippen LogP contribution in [0.15, 0.2) is 59.5 Å². The highest BCUT2D eigenvalue weighted by atomic mass is 35.5. The van der Waals surface area contributed by atoms with Crippen molar-refractivity contribution in [3.63, 3.8) is 0 Å². The Morgan fingerprint density at radius 2 is 1.52 bits per heavy atom. The van der Waals surface area contributed by atoms with Gasteiger partial charge in [-0.25, -0.2) is 8.42 Å². The van der Waals surface area contributed by atoms with Crippen molar-refractivity contribution in [1.82, 2.24) is 4.90 Å². The topological polar surface area (TPSA) is 67.9 Å². The molecular weight excluding hydrogens is 609 g/mol. The van der Waals surface area contributed by atoms with E-state index in [1.807, 2.05) is 4.90 Å². The highest BCUT2D eigenvalue weighted by molar-refractivity contribution is 7.92. The molecule has 3 aromatic rings. The van der Waals surface area contributed by atoms with Crippen molar-refractivity contribution in [3.8, 4) is 17.2 Å². The summed E-state index contributed by atoms with van der Waals surface area (Å²) < 4.78 is 121. The fourth-order valence-corrected chi connectivity index (χ4v) is 5.31. The molecule has 15 heteroatoms. The molecule has 0 aromatic heterocycles. The first kappa shape index (κ1) is 30.1. The third kappa shape index (κ3) is 7.06. The van der Waals surface area contributed by atoms with Gasteiger partial charge in [0.05, 0.1) is 31.8 Å². The van der Waals surface area contributed by atoms with Crippen molar-refractivity contribution in [3.05, 3.63) is 75.8 Å². The van der Waals surface area contributed by atoms with E-state index in [-0.39, 0.29) is 21.5 Å². The SMILES string of the molecule is CN1CCC(Oc2cc(NS(=O)(=O)c3ccc(C(F)(F)F)c(Oc4ccc(Cl)c(Cl)c4)c3)ccc2C(F)(F)F)C1. The first-order chi connectivity index (χ1) is 18.5. The van der Waals surface area contributed by atoms with E-state index in [0.717, 1.165) is 18.2 Å². The third-order valence-corrected chi connectivity index (χ3v) is 7.99. The maximum Gasteiger partial charge on any atom is 0.419 e. The second kappa shape index (κ2) is 11.2. The highest BCUT2D eigenvalue weighted by Crippen LogP contribution is 2.42. The van der Waals surface area contributed by atoms with Gasteiger partial charge >= 0.3 is 12.4 Å². The number of alkyl halides is 6. The first-order valence-electron chi connectivity index (χ1n) is 11.5. The van der Waals surface area contributed by atoms with Crippen LogP contribution in [0.2, 0.25) is 10.0 Å². The molecule has 1 aliphatic heterocycles. The van der Waals surface area contributed by atoms with Gasteiger partial charge in [0.15, 0.2) is 0 Å². The first-order valence-corrected chi connectivity index (χ1v) is 13.7. The Hall–Kier alpha value is -2.87. The Morgan fingerprint density at radius 1 is 0.875 bits per heavy atom. The molecule has 1 saturated heterocycles. The summed E-state index contributed by atoms with van der Waals surface area (Å²) in [7, 11) is -2.82. The molecule has 4 rings (SSSR count). The Labute approximate surface area is 235 Å². The molecule has 0 radical (unpaired) electrons. The summed E-state index contributed by atoms with van der Waals surface area (Å²) in [5.74, 6) is -1.58. The molecule has 1 fully saturated rings. The molecule has 0 saturated carbocycles. The maximum absolute atomic E-state index is 13.6. The standard InChI is InChI=1S/C25H20Cl2F6N2O4S/c1-35-9-8-16(13-35)39-22-10-14(2-5-18(22)24(28,29)30)34-40(36,37)17-4-6-19(25(31,32)33)23(12-17)38-15-3-7-20(26)21(27)11-15/h2-7,10-12,16,34H,8-9,13H2,1H3. The van der Waals surface area contributed by atoms with Crippen LogP contribution in [0, 0.1) is 0 Å². The highest BCUT2D eigenvalue weighted by Gasteiger charge is 2.37. The van der Waals surface area contributed by atoms with Crippen LogP contribution in [-0.2, 0) is 22.4 Å². The number of halogens is 8. The molecule has 6 nitrogen and oxygen atoms in total. The van der Waals surface area contributed by atoms with E-state index < -0.39 is 56.0 Å². The van der Waals surface area contributed by atoms with Crippen LogP contribution in [-0.4, -0.2) is 39.6 Å². The van der Waals surface area contributed by atoms with Crippen LogP contribution in [0.3, 0.4) is 0 Å². The lowest BCUT2D eigenvalue weighted by Gasteiger charge is -2.20. The lowest BCUT2D eigenvalue weighted by molar-refractivity contribution is -0.139. The van der Waals surface area contributed by atoms with E-state index in [4.69, 9.17) is 32.7 Å². The van der Waals surface area contributed by atoms with Gasteiger partial charge in [-0.3, -0.25) is 4.72 Å². The van der Waals surface area contributed by atoms with E-state index in [2.05, 4.69) is 4.72 Å². The summed E-state index contributed by atoms with van der Waals surface area (Å²) >= 11 is 11.7. The van der Waals surface area contributed by atoms with Gasteiger partial charge in [-0.1, -0.05) is 23.2 Å². The molecule has 1 atom stereocenters. The second-order valence-electron chi connectivity index (χ2n) is 8.94. The molecule has 1 heterocycles. The predicted octanol–water partition coefficient (Wildman–Crippen LogP) is 7.71. The van der Waals surface area contributed by atoms with E-state index in [0.29, 0.717) is 43.8 Å². The Morgan fingerprint density at radius 3 is 2.12 bits per heavy atom. The lowest BCUT2D eigenvalue weighted by atomic mass is 10.1. The zero-order chi connectivity index (χ0) is 29.5. The van der Waals surface area contributed by atoms with Crippen LogP contribution < -0.4 is 14.2 Å². The zero-order valence-corrected chi connectivity index (χ0v) is 22.7. The summed E-state index contributed by atoms with van der Waals surface area (Å²) in [4.78, 5) is 1.22. The van der Waals surface area contributed by atoms with Gasteiger partial charge in [0.2, 0.25) is 0 Å². The summed E-state index contributed by atoms with van der Waals surface area (Å²) in [6, 6.07) is 7.95. The number of anilines is 1. The van der Waals surface area contributed by atoms with E-state index in [9.17, 15) is 34.8 Å². The predicted molar refractivity (Wildman–Crippen MR) is 137 cm³/mol. The van der Waals surface area contributed by atoms with Gasteiger partial charge in [-0.15, -0.1) is 0 Å². The van der Waals surface area contributed by atoms with Crippen LogP contribution in [0.1, 0.15) is 17.5 Å². The normalized spacial score (nSPS) is 16.7. The number of benzene rings is 3. The number of nitrogens with one attached hydrogen (secondary N) is 1. The number of hydrogen-bond acceptors (Lipinski definition) is 5. The summed E-state index contributed by atoms with van der Waals surface area (Å²) in [5.41, 5.74) is -2.66. The zero-order valence-electron chi connectivity index (χ0n) is 20.4. The average Bonchev–Trinajstić information content (AvgIpc) is 3.24. The number of ether oxygens (including phenoxy) is 2. The molecule has 40 heavy (non-hydrogen) atoms. The van der Waals surface area contributed by atoms with Crippen molar-refractivity contribution < 1.29 is 44.2 Å². The number of sulfonamides is 1. The minimum atomic E-state index is -4.91. The maximum atomic E-state index is 13.6. The molecule has 0 spiro atoms. The minimum absolute atomic E-state index is 0.0113. The quantitative estimate of drug-likeness (QED) is 0.272. The summed E-state index contributed by atoms with van der Waals surface area (Å²) in [6.07, 6.45) is -9.76. The molecule has 1 aliphatic rings. The van der Waals surface area contributed by atoms with Crippen molar-refractivity contribution in [1.29, 1.82) is 0 Å². The number of rotatable bonds is 7. The largest absolute Gasteiger partial charge is 0.488 e. The van der Waals surface area contributed by atoms with Crippen LogP contribution in [0.5, 0.6) is 17.2 Å². The van der Waals surface area contributed by atoms with Gasteiger partial charge in [-0.05, 0) is 49.9 Å². The lowest BCUT2D eigenvalue weighted by Crippen LogP contribution is -2.23. The van der Waals surface area contributed by atoms with Crippen LogP contribution in [0.25, 0.3) is 0 Å². The van der Waals surface area contributed by atoms with Gasteiger partial charge in [0, 0.05) is 31.3 Å². The summed E-state index contributed by atoms with van der Waals surface area (Å²) in [5, 5.41) is 0.105. The average molecular weight is 629 g/mol. The van der Waals surface area contributed by atoms with Crippen molar-refractivity contribution in [2.45, 2.75) is 29.8 Å². The molecular formula is C25H20Cl2F6N2O4S. The van der Waals surface area contributed by atoms with Crippen molar-refractivity contribution in [2.75, 3.05) is 24.9 Å². The third-order valence-electron chi connectivity index (χ3n) is 5.87. The Bertz CT molecular complexity index is 1520. The monoisotopic (exact) mass is 628 g/mol. The smallest absolute Gasteiger partial charge is 0.419 e. The summed E-state index contributed by atoms with van der Waals surface area (Å²) in [6.45, 7) is 0.985. The number of nitrogens with zero attached hydrogens (tertiary/aromatic N) is 1. The van der Waals surface area contributed by atoms with Gasteiger partial charge in [-0.2, -0.15) is 26.3 Å². The van der Waals surface area contributed by atoms with E-state index in [1.165, 1.54) is 12.1 Å². The molecule has 3 aromatic carbocycles. The van der Waals surface area contributed by atoms with Gasteiger partial charge in [0.25, 0.3) is 10.0 Å². The molecule has 0 amide bonds. The molecule has 0 aliphatic carbocycles. The fraction of sp³-hybridized carbons (Fsp3) is 0.280.